The van der Waals surface area contributed by atoms with E-state index >= 15 is 0 Å². The monoisotopic (exact) mass is 367 g/mol. The highest BCUT2D eigenvalue weighted by molar-refractivity contribution is 9.10. The molecule has 2 aromatic rings. The lowest BCUT2D eigenvalue weighted by Gasteiger charge is -2.12. The molecule has 1 aliphatic rings. The number of pyridine rings is 1. The summed E-state index contributed by atoms with van der Waals surface area (Å²) in [7, 11) is -3.49. The first kappa shape index (κ1) is 14.5. The molecule has 0 bridgehead atoms. The van der Waals surface area contributed by atoms with Crippen molar-refractivity contribution in [2.75, 3.05) is 18.4 Å². The average Bonchev–Trinajstić information content (AvgIpc) is 2.89. The van der Waals surface area contributed by atoms with Crippen molar-refractivity contribution in [1.29, 1.82) is 0 Å². The molecule has 0 amide bonds. The normalized spacial score (nSPS) is 17.3. The predicted molar refractivity (Wildman–Crippen MR) is 84.8 cm³/mol. The molecule has 2 heterocycles. The molecule has 1 aliphatic heterocycles. The molecular weight excluding hydrogens is 354 g/mol. The number of aromatic nitrogens is 1. The van der Waals surface area contributed by atoms with Crippen molar-refractivity contribution in [3.8, 4) is 0 Å². The Hall–Kier alpha value is -1.44. The number of fused-ring (bicyclic) bond motifs is 1. The zero-order chi connectivity index (χ0) is 14.9. The zero-order valence-corrected chi connectivity index (χ0v) is 13.5. The molecule has 3 rings (SSSR count). The molecule has 1 atom stereocenters. The van der Waals surface area contributed by atoms with Crippen molar-refractivity contribution in [3.63, 3.8) is 0 Å². The van der Waals surface area contributed by atoms with Crippen molar-refractivity contribution in [2.24, 2.45) is 0 Å². The molecule has 2 N–H and O–H groups in total. The minimum absolute atomic E-state index is 0.0962. The maximum atomic E-state index is 12.2. The Morgan fingerprint density at radius 2 is 2.05 bits per heavy atom. The summed E-state index contributed by atoms with van der Waals surface area (Å²) >= 11 is 3.29. The summed E-state index contributed by atoms with van der Waals surface area (Å²) in [4.78, 5) is 4.49. The van der Waals surface area contributed by atoms with Crippen molar-refractivity contribution in [1.82, 2.24) is 9.71 Å². The van der Waals surface area contributed by atoms with Gasteiger partial charge in [-0.2, -0.15) is 0 Å². The standard InChI is InChI=1S/C14H14BrN3O2S/c15-11-3-5-12(6-4-11)21(19,20)18-9-10-8-17-14-13(10)2-1-7-16-14/h1-7,10,18H,8-9H2,(H,16,17). The lowest BCUT2D eigenvalue weighted by atomic mass is 10.0. The van der Waals surface area contributed by atoms with Crippen LogP contribution < -0.4 is 10.0 Å². The van der Waals surface area contributed by atoms with E-state index in [2.05, 4.69) is 31.0 Å². The predicted octanol–water partition coefficient (Wildman–Crippen LogP) is 2.33. The maximum Gasteiger partial charge on any atom is 0.240 e. The van der Waals surface area contributed by atoms with E-state index in [1.165, 1.54) is 0 Å². The summed E-state index contributed by atoms with van der Waals surface area (Å²) in [6.07, 6.45) is 1.72. The van der Waals surface area contributed by atoms with Crippen LogP contribution in [0.4, 0.5) is 5.82 Å². The van der Waals surface area contributed by atoms with E-state index in [0.717, 1.165) is 15.9 Å². The summed E-state index contributed by atoms with van der Waals surface area (Å²) < 4.78 is 28.0. The van der Waals surface area contributed by atoms with E-state index < -0.39 is 10.0 Å². The van der Waals surface area contributed by atoms with Gasteiger partial charge >= 0.3 is 0 Å². The summed E-state index contributed by atoms with van der Waals surface area (Å²) in [5, 5.41) is 3.18. The molecule has 0 saturated carbocycles. The number of benzene rings is 1. The van der Waals surface area contributed by atoms with E-state index in [1.54, 1.807) is 30.5 Å². The van der Waals surface area contributed by atoms with Crippen molar-refractivity contribution in [3.05, 3.63) is 52.6 Å². The second-order valence-corrected chi connectivity index (χ2v) is 7.51. The first-order valence-corrected chi connectivity index (χ1v) is 8.78. The number of hydrogen-bond acceptors (Lipinski definition) is 4. The number of halogens is 1. The molecule has 0 saturated heterocycles. The number of hydrogen-bond donors (Lipinski definition) is 2. The molecule has 0 spiro atoms. The molecule has 5 nitrogen and oxygen atoms in total. The molecule has 110 valence electrons. The Labute approximate surface area is 132 Å². The number of rotatable bonds is 4. The molecule has 0 fully saturated rings. The SMILES string of the molecule is O=S(=O)(NCC1CNc2ncccc21)c1ccc(Br)cc1. The van der Waals surface area contributed by atoms with E-state index in [9.17, 15) is 8.42 Å². The quantitative estimate of drug-likeness (QED) is 0.869. The van der Waals surface area contributed by atoms with E-state index in [4.69, 9.17) is 0 Å². The van der Waals surface area contributed by atoms with Crippen LogP contribution in [0.2, 0.25) is 0 Å². The van der Waals surface area contributed by atoms with Crippen LogP contribution in [0.15, 0.2) is 52.0 Å². The Kier molecular flexibility index (Phi) is 3.97. The Balaban J connectivity index is 1.72. The molecule has 1 aromatic heterocycles. The first-order valence-electron chi connectivity index (χ1n) is 6.50. The third-order valence-corrected chi connectivity index (χ3v) is 5.41. The van der Waals surface area contributed by atoms with Crippen LogP contribution >= 0.6 is 15.9 Å². The van der Waals surface area contributed by atoms with E-state index in [0.29, 0.717) is 13.1 Å². The van der Waals surface area contributed by atoms with Gasteiger partial charge in [-0.15, -0.1) is 0 Å². The molecule has 21 heavy (non-hydrogen) atoms. The summed E-state index contributed by atoms with van der Waals surface area (Å²) in [5.74, 6) is 0.935. The fourth-order valence-electron chi connectivity index (χ4n) is 2.31. The lowest BCUT2D eigenvalue weighted by Crippen LogP contribution is -2.29. The van der Waals surface area contributed by atoms with Crippen LogP contribution in [0, 0.1) is 0 Å². The van der Waals surface area contributed by atoms with E-state index in [-0.39, 0.29) is 10.8 Å². The number of anilines is 1. The molecule has 1 aromatic carbocycles. The van der Waals surface area contributed by atoms with Gasteiger partial charge in [0.2, 0.25) is 10.0 Å². The summed E-state index contributed by atoms with van der Waals surface area (Å²) in [5.41, 5.74) is 1.05. The second-order valence-electron chi connectivity index (χ2n) is 4.82. The molecule has 0 radical (unpaired) electrons. The minimum Gasteiger partial charge on any atom is -0.369 e. The van der Waals surface area contributed by atoms with Crippen molar-refractivity contribution < 1.29 is 8.42 Å². The largest absolute Gasteiger partial charge is 0.369 e. The van der Waals surface area contributed by atoms with Gasteiger partial charge < -0.3 is 5.32 Å². The van der Waals surface area contributed by atoms with Gasteiger partial charge in [0.1, 0.15) is 5.82 Å². The highest BCUT2D eigenvalue weighted by Gasteiger charge is 2.24. The highest BCUT2D eigenvalue weighted by Crippen LogP contribution is 2.28. The topological polar surface area (TPSA) is 71.1 Å². The third-order valence-electron chi connectivity index (χ3n) is 3.44. The van der Waals surface area contributed by atoms with Crippen molar-refractivity contribution >= 4 is 31.8 Å². The fraction of sp³-hybridized carbons (Fsp3) is 0.214. The van der Waals surface area contributed by atoms with Crippen LogP contribution in [-0.4, -0.2) is 26.5 Å². The van der Waals surface area contributed by atoms with E-state index in [1.807, 2.05) is 12.1 Å². The number of nitrogens with zero attached hydrogens (tertiary/aromatic N) is 1. The Bertz CT molecular complexity index is 747. The highest BCUT2D eigenvalue weighted by atomic mass is 79.9. The smallest absolute Gasteiger partial charge is 0.240 e. The van der Waals surface area contributed by atoms with Crippen LogP contribution in [0.1, 0.15) is 11.5 Å². The van der Waals surface area contributed by atoms with Gasteiger partial charge in [0.25, 0.3) is 0 Å². The third kappa shape index (κ3) is 3.09. The fourth-order valence-corrected chi connectivity index (χ4v) is 3.66. The second kappa shape index (κ2) is 5.75. The van der Waals surface area contributed by atoms with Gasteiger partial charge in [-0.1, -0.05) is 22.0 Å². The summed E-state index contributed by atoms with van der Waals surface area (Å²) in [6, 6.07) is 10.4. The molecule has 7 heteroatoms. The average molecular weight is 368 g/mol. The Morgan fingerprint density at radius 1 is 1.29 bits per heavy atom. The first-order chi connectivity index (χ1) is 10.1. The Morgan fingerprint density at radius 3 is 2.81 bits per heavy atom. The van der Waals surface area contributed by atoms with Crippen LogP contribution in [0.3, 0.4) is 0 Å². The van der Waals surface area contributed by atoms with Crippen molar-refractivity contribution in [2.45, 2.75) is 10.8 Å². The van der Waals surface area contributed by atoms with Gasteiger partial charge in [-0.3, -0.25) is 0 Å². The van der Waals surface area contributed by atoms with Crippen LogP contribution in [0.25, 0.3) is 0 Å². The molecule has 0 aliphatic carbocycles. The molecular formula is C14H14BrN3O2S. The minimum atomic E-state index is -3.49. The van der Waals surface area contributed by atoms with Crippen LogP contribution in [0.5, 0.6) is 0 Å². The van der Waals surface area contributed by atoms with Gasteiger partial charge in [0.15, 0.2) is 0 Å². The van der Waals surface area contributed by atoms with Gasteiger partial charge in [0.05, 0.1) is 4.90 Å². The molecule has 1 unspecified atom stereocenters. The van der Waals surface area contributed by atoms with Crippen LogP contribution in [-0.2, 0) is 10.0 Å². The van der Waals surface area contributed by atoms with Gasteiger partial charge in [0, 0.05) is 35.2 Å². The van der Waals surface area contributed by atoms with Gasteiger partial charge in [-0.05, 0) is 30.3 Å². The number of sulfonamides is 1. The zero-order valence-electron chi connectivity index (χ0n) is 11.1. The number of nitrogens with one attached hydrogen (secondary N) is 2. The maximum absolute atomic E-state index is 12.2. The lowest BCUT2D eigenvalue weighted by molar-refractivity contribution is 0.574. The van der Waals surface area contributed by atoms with Gasteiger partial charge in [-0.25, -0.2) is 18.1 Å². The summed E-state index contributed by atoms with van der Waals surface area (Å²) in [6.45, 7) is 1.04.